The number of carbonyl (C=O) groups is 2. The van der Waals surface area contributed by atoms with Gasteiger partial charge in [0, 0.05) is 19.3 Å². The summed E-state index contributed by atoms with van der Waals surface area (Å²) in [4.78, 5) is 23.1. The fraction of sp³-hybridized carbons (Fsp3) is 0.643. The first-order valence-corrected chi connectivity index (χ1v) is 7.26. The van der Waals surface area contributed by atoms with Gasteiger partial charge in [-0.2, -0.15) is 5.10 Å². The molecule has 0 saturated heterocycles. The monoisotopic (exact) mass is 294 g/mol. The zero-order valence-corrected chi connectivity index (χ0v) is 12.3. The zero-order chi connectivity index (χ0) is 15.3. The number of amides is 2. The summed E-state index contributed by atoms with van der Waals surface area (Å²) >= 11 is 0. The molecule has 1 aromatic rings. The second-order valence-electron chi connectivity index (χ2n) is 5.68. The van der Waals surface area contributed by atoms with Crippen molar-refractivity contribution in [2.75, 3.05) is 13.1 Å². The van der Waals surface area contributed by atoms with Crippen molar-refractivity contribution in [3.63, 3.8) is 0 Å². The van der Waals surface area contributed by atoms with E-state index >= 15 is 0 Å². The Labute approximate surface area is 123 Å². The number of hydrogen-bond donors (Lipinski definition) is 3. The Kier molecular flexibility index (Phi) is 4.82. The third-order valence-corrected chi connectivity index (χ3v) is 3.99. The van der Waals surface area contributed by atoms with E-state index in [9.17, 15) is 14.7 Å². The van der Waals surface area contributed by atoms with Crippen molar-refractivity contribution in [3.8, 4) is 0 Å². The average molecular weight is 294 g/mol. The standard InChI is InChI=1S/C14H22N4O3/c1-11-8-17-18(9-11)7-6-15-13(21)16-10-14(12(19)20)4-2-3-5-14/h8-9H,2-7,10H2,1H3,(H,19,20)(H2,15,16,21). The third-order valence-electron chi connectivity index (χ3n) is 3.99. The summed E-state index contributed by atoms with van der Waals surface area (Å²) < 4.78 is 1.76. The third kappa shape index (κ3) is 3.96. The molecule has 3 N–H and O–H groups in total. The Bertz CT molecular complexity index is 506. The van der Waals surface area contributed by atoms with Crippen LogP contribution in [0.4, 0.5) is 4.79 Å². The summed E-state index contributed by atoms with van der Waals surface area (Å²) in [7, 11) is 0. The Morgan fingerprint density at radius 2 is 2.10 bits per heavy atom. The normalized spacial score (nSPS) is 16.6. The number of hydrogen-bond acceptors (Lipinski definition) is 3. The van der Waals surface area contributed by atoms with Crippen molar-refractivity contribution in [1.82, 2.24) is 20.4 Å². The molecule has 0 atom stereocenters. The predicted molar refractivity (Wildman–Crippen MR) is 76.9 cm³/mol. The lowest BCUT2D eigenvalue weighted by Gasteiger charge is -2.24. The summed E-state index contributed by atoms with van der Waals surface area (Å²) in [5, 5.41) is 18.8. The first kappa shape index (κ1) is 15.3. The Hall–Kier alpha value is -2.05. The number of aromatic nitrogens is 2. The fourth-order valence-electron chi connectivity index (χ4n) is 2.70. The van der Waals surface area contributed by atoms with Gasteiger partial charge in [0.25, 0.3) is 0 Å². The van der Waals surface area contributed by atoms with Crippen molar-refractivity contribution in [2.24, 2.45) is 5.41 Å². The van der Waals surface area contributed by atoms with Gasteiger partial charge in [0.05, 0.1) is 18.2 Å². The highest BCUT2D eigenvalue weighted by Gasteiger charge is 2.41. The minimum absolute atomic E-state index is 0.190. The van der Waals surface area contributed by atoms with Gasteiger partial charge in [-0.15, -0.1) is 0 Å². The molecule has 1 fully saturated rings. The maximum Gasteiger partial charge on any atom is 0.314 e. The van der Waals surface area contributed by atoms with E-state index in [0.29, 0.717) is 25.9 Å². The summed E-state index contributed by atoms with van der Waals surface area (Å²) in [6, 6.07) is -0.327. The Balaban J connectivity index is 1.71. The summed E-state index contributed by atoms with van der Waals surface area (Å²) in [6.45, 7) is 3.18. The summed E-state index contributed by atoms with van der Waals surface area (Å²) in [6.07, 6.45) is 6.75. The van der Waals surface area contributed by atoms with Crippen LogP contribution in [-0.2, 0) is 11.3 Å². The Morgan fingerprint density at radius 3 is 2.67 bits per heavy atom. The molecule has 0 aromatic carbocycles. The molecule has 21 heavy (non-hydrogen) atoms. The number of urea groups is 1. The molecule has 1 aliphatic rings. The average Bonchev–Trinajstić information content (AvgIpc) is 3.06. The van der Waals surface area contributed by atoms with Crippen LogP contribution in [0.3, 0.4) is 0 Å². The number of aliphatic carboxylic acids is 1. The highest BCUT2D eigenvalue weighted by Crippen LogP contribution is 2.37. The number of carbonyl (C=O) groups excluding carboxylic acids is 1. The summed E-state index contributed by atoms with van der Waals surface area (Å²) in [5.74, 6) is -0.813. The minimum atomic E-state index is -0.813. The molecule has 2 rings (SSSR count). The number of aryl methyl sites for hydroxylation is 1. The SMILES string of the molecule is Cc1cnn(CCNC(=O)NCC2(C(=O)O)CCCC2)c1. The molecule has 7 heteroatoms. The maximum absolute atomic E-state index is 11.7. The molecule has 0 spiro atoms. The van der Waals surface area contributed by atoms with Gasteiger partial charge in [-0.05, 0) is 25.3 Å². The lowest BCUT2D eigenvalue weighted by Crippen LogP contribution is -2.45. The highest BCUT2D eigenvalue weighted by atomic mass is 16.4. The van der Waals surface area contributed by atoms with Gasteiger partial charge in [0.15, 0.2) is 0 Å². The van der Waals surface area contributed by atoms with E-state index in [1.54, 1.807) is 10.9 Å². The van der Waals surface area contributed by atoms with E-state index in [1.165, 1.54) is 0 Å². The van der Waals surface area contributed by atoms with E-state index in [-0.39, 0.29) is 12.6 Å². The van der Waals surface area contributed by atoms with E-state index in [1.807, 2.05) is 13.1 Å². The van der Waals surface area contributed by atoms with Gasteiger partial charge in [-0.25, -0.2) is 4.79 Å². The van der Waals surface area contributed by atoms with Gasteiger partial charge >= 0.3 is 12.0 Å². The smallest absolute Gasteiger partial charge is 0.314 e. The molecule has 1 heterocycles. The number of nitrogens with one attached hydrogen (secondary N) is 2. The highest BCUT2D eigenvalue weighted by molar-refractivity contribution is 5.78. The van der Waals surface area contributed by atoms with Crippen LogP contribution >= 0.6 is 0 Å². The van der Waals surface area contributed by atoms with Gasteiger partial charge in [0.1, 0.15) is 0 Å². The second-order valence-corrected chi connectivity index (χ2v) is 5.68. The van der Waals surface area contributed by atoms with Crippen molar-refractivity contribution in [3.05, 3.63) is 18.0 Å². The lowest BCUT2D eigenvalue weighted by atomic mass is 9.86. The molecule has 0 aliphatic heterocycles. The molecule has 0 unspecified atom stereocenters. The van der Waals surface area contributed by atoms with Gasteiger partial charge < -0.3 is 15.7 Å². The maximum atomic E-state index is 11.7. The number of carboxylic acid groups (broad SMARTS) is 1. The van der Waals surface area contributed by atoms with Crippen LogP contribution in [0.1, 0.15) is 31.2 Å². The number of nitrogens with zero attached hydrogens (tertiary/aromatic N) is 2. The van der Waals surface area contributed by atoms with Crippen LogP contribution in [0.2, 0.25) is 0 Å². The summed E-state index contributed by atoms with van der Waals surface area (Å²) in [5.41, 5.74) is 0.292. The topological polar surface area (TPSA) is 96.3 Å². The van der Waals surface area contributed by atoms with Crippen LogP contribution in [0, 0.1) is 12.3 Å². The molecule has 116 valence electrons. The number of rotatable bonds is 6. The number of carboxylic acids is 1. The van der Waals surface area contributed by atoms with Crippen LogP contribution in [0.5, 0.6) is 0 Å². The van der Waals surface area contributed by atoms with Crippen LogP contribution in [0.25, 0.3) is 0 Å². The lowest BCUT2D eigenvalue weighted by molar-refractivity contribution is -0.148. The molecule has 0 bridgehead atoms. The predicted octanol–water partition coefficient (Wildman–Crippen LogP) is 1.14. The first-order valence-electron chi connectivity index (χ1n) is 7.26. The quantitative estimate of drug-likeness (QED) is 0.733. The van der Waals surface area contributed by atoms with Crippen LogP contribution < -0.4 is 10.6 Å². The van der Waals surface area contributed by atoms with Gasteiger partial charge in [-0.3, -0.25) is 9.48 Å². The van der Waals surface area contributed by atoms with E-state index < -0.39 is 11.4 Å². The van der Waals surface area contributed by atoms with Crippen molar-refractivity contribution in [2.45, 2.75) is 39.2 Å². The fourth-order valence-corrected chi connectivity index (χ4v) is 2.70. The largest absolute Gasteiger partial charge is 0.481 e. The molecule has 0 radical (unpaired) electrons. The first-order chi connectivity index (χ1) is 10.0. The molecular weight excluding hydrogens is 272 g/mol. The minimum Gasteiger partial charge on any atom is -0.481 e. The van der Waals surface area contributed by atoms with Gasteiger partial charge in [-0.1, -0.05) is 12.8 Å². The van der Waals surface area contributed by atoms with Crippen molar-refractivity contribution >= 4 is 12.0 Å². The van der Waals surface area contributed by atoms with E-state index in [0.717, 1.165) is 18.4 Å². The van der Waals surface area contributed by atoms with Gasteiger partial charge in [0.2, 0.25) is 0 Å². The molecule has 7 nitrogen and oxygen atoms in total. The molecule has 2 amide bonds. The Morgan fingerprint density at radius 1 is 1.38 bits per heavy atom. The second kappa shape index (κ2) is 6.60. The molecule has 1 aliphatic carbocycles. The molecule has 1 saturated carbocycles. The zero-order valence-electron chi connectivity index (χ0n) is 12.3. The van der Waals surface area contributed by atoms with Crippen molar-refractivity contribution < 1.29 is 14.7 Å². The molecular formula is C14H22N4O3. The van der Waals surface area contributed by atoms with E-state index in [4.69, 9.17) is 0 Å². The van der Waals surface area contributed by atoms with Crippen molar-refractivity contribution in [1.29, 1.82) is 0 Å². The van der Waals surface area contributed by atoms with Crippen LogP contribution in [0.15, 0.2) is 12.4 Å². The van der Waals surface area contributed by atoms with E-state index in [2.05, 4.69) is 15.7 Å². The molecule has 1 aromatic heterocycles. The van der Waals surface area contributed by atoms with Crippen LogP contribution in [-0.4, -0.2) is 40.0 Å².